The first kappa shape index (κ1) is 13.1. The highest BCUT2D eigenvalue weighted by atomic mass is 32.1. The van der Waals surface area contributed by atoms with Gasteiger partial charge in [0.15, 0.2) is 0 Å². The maximum atomic E-state index is 11.7. The second-order valence-corrected chi connectivity index (χ2v) is 4.30. The van der Waals surface area contributed by atoms with Crippen LogP contribution in [0.5, 0.6) is 0 Å². The summed E-state index contributed by atoms with van der Waals surface area (Å²) in [5.74, 6) is 0.145. The molecule has 16 heavy (non-hydrogen) atoms. The summed E-state index contributed by atoms with van der Waals surface area (Å²) in [5, 5.41) is 5.19. The summed E-state index contributed by atoms with van der Waals surface area (Å²) in [6, 6.07) is 0.130. The molecule has 1 rings (SSSR count). The van der Waals surface area contributed by atoms with Gasteiger partial charge in [-0.05, 0) is 20.8 Å². The summed E-state index contributed by atoms with van der Waals surface area (Å²) in [6.07, 6.45) is 0. The van der Waals surface area contributed by atoms with Gasteiger partial charge >= 0.3 is 0 Å². The van der Waals surface area contributed by atoms with E-state index < -0.39 is 0 Å². The number of hydrogen-bond acceptors (Lipinski definition) is 4. The largest absolute Gasteiger partial charge is 0.342 e. The molecule has 1 amide bonds. The summed E-state index contributed by atoms with van der Waals surface area (Å²) >= 11 is 1.57. The Labute approximate surface area is 101 Å². The lowest BCUT2D eigenvalue weighted by molar-refractivity contribution is -0.129. The SMILES string of the molecule is CCN(CC)C(=O)CNC(C)c1cscn1. The Bertz CT molecular complexity index is 309. The number of nitrogens with zero attached hydrogens (tertiary/aromatic N) is 2. The molecule has 0 spiro atoms. The maximum Gasteiger partial charge on any atom is 0.236 e. The number of hydrogen-bond donors (Lipinski definition) is 1. The van der Waals surface area contributed by atoms with Crippen molar-refractivity contribution in [1.29, 1.82) is 0 Å². The number of carbonyl (C=O) groups excluding carboxylic acids is 1. The van der Waals surface area contributed by atoms with Gasteiger partial charge in [0.2, 0.25) is 5.91 Å². The molecule has 1 heterocycles. The standard InChI is InChI=1S/C11H19N3OS/c1-4-14(5-2)11(15)6-12-9(3)10-7-16-8-13-10/h7-9,12H,4-6H2,1-3H3. The van der Waals surface area contributed by atoms with E-state index in [0.29, 0.717) is 6.54 Å². The Balaban J connectivity index is 2.37. The molecular formula is C11H19N3OS. The summed E-state index contributed by atoms with van der Waals surface area (Å²) < 4.78 is 0. The number of amides is 1. The number of nitrogens with one attached hydrogen (secondary N) is 1. The van der Waals surface area contributed by atoms with E-state index in [9.17, 15) is 4.79 Å². The monoisotopic (exact) mass is 241 g/mol. The minimum atomic E-state index is 0.130. The van der Waals surface area contributed by atoms with Gasteiger partial charge in [0.1, 0.15) is 0 Å². The van der Waals surface area contributed by atoms with Crippen LogP contribution in [0.25, 0.3) is 0 Å². The van der Waals surface area contributed by atoms with E-state index in [2.05, 4.69) is 10.3 Å². The number of likely N-dealkylation sites (N-methyl/N-ethyl adjacent to an activating group) is 1. The van der Waals surface area contributed by atoms with Crippen molar-refractivity contribution in [3.05, 3.63) is 16.6 Å². The van der Waals surface area contributed by atoms with Crippen LogP contribution < -0.4 is 5.32 Å². The average molecular weight is 241 g/mol. The Morgan fingerprint density at radius 2 is 2.25 bits per heavy atom. The first-order valence-corrected chi connectivity index (χ1v) is 6.52. The molecule has 0 saturated carbocycles. The topological polar surface area (TPSA) is 45.2 Å². The van der Waals surface area contributed by atoms with Crippen LogP contribution in [0.1, 0.15) is 32.5 Å². The molecule has 5 heteroatoms. The van der Waals surface area contributed by atoms with Crippen LogP contribution in [0, 0.1) is 0 Å². The van der Waals surface area contributed by atoms with E-state index in [4.69, 9.17) is 0 Å². The van der Waals surface area contributed by atoms with Gasteiger partial charge in [-0.2, -0.15) is 0 Å². The molecule has 0 bridgehead atoms. The van der Waals surface area contributed by atoms with Crippen molar-refractivity contribution in [1.82, 2.24) is 15.2 Å². The maximum absolute atomic E-state index is 11.7. The zero-order chi connectivity index (χ0) is 12.0. The van der Waals surface area contributed by atoms with Crippen molar-refractivity contribution in [3.63, 3.8) is 0 Å². The normalized spacial score (nSPS) is 12.4. The molecule has 4 nitrogen and oxygen atoms in total. The zero-order valence-electron chi connectivity index (χ0n) is 10.1. The number of rotatable bonds is 6. The first-order chi connectivity index (χ1) is 7.69. The summed E-state index contributed by atoms with van der Waals surface area (Å²) in [7, 11) is 0. The minimum absolute atomic E-state index is 0.130. The van der Waals surface area contributed by atoms with E-state index in [0.717, 1.165) is 18.8 Å². The summed E-state index contributed by atoms with van der Waals surface area (Å²) in [6.45, 7) is 7.91. The number of aromatic nitrogens is 1. The predicted octanol–water partition coefficient (Wildman–Crippen LogP) is 1.66. The molecule has 0 aliphatic carbocycles. The summed E-state index contributed by atoms with van der Waals surface area (Å²) in [5.41, 5.74) is 2.80. The van der Waals surface area contributed by atoms with Crippen LogP contribution in [-0.2, 0) is 4.79 Å². The molecule has 0 aliphatic heterocycles. The summed E-state index contributed by atoms with van der Waals surface area (Å²) in [4.78, 5) is 17.8. The van der Waals surface area contributed by atoms with Crippen molar-refractivity contribution in [2.75, 3.05) is 19.6 Å². The lowest BCUT2D eigenvalue weighted by Crippen LogP contribution is -2.38. The van der Waals surface area contributed by atoms with Crippen molar-refractivity contribution in [2.24, 2.45) is 0 Å². The van der Waals surface area contributed by atoms with E-state index in [-0.39, 0.29) is 11.9 Å². The molecular weight excluding hydrogens is 222 g/mol. The minimum Gasteiger partial charge on any atom is -0.342 e. The van der Waals surface area contributed by atoms with Crippen molar-refractivity contribution < 1.29 is 4.79 Å². The molecule has 1 aromatic rings. The van der Waals surface area contributed by atoms with Crippen molar-refractivity contribution in [3.8, 4) is 0 Å². The third kappa shape index (κ3) is 3.57. The number of thiazole rings is 1. The molecule has 0 aliphatic rings. The molecule has 0 radical (unpaired) electrons. The fourth-order valence-electron chi connectivity index (χ4n) is 1.47. The molecule has 0 fully saturated rings. The molecule has 1 unspecified atom stereocenters. The van der Waals surface area contributed by atoms with Crippen LogP contribution in [0.15, 0.2) is 10.9 Å². The highest BCUT2D eigenvalue weighted by Crippen LogP contribution is 2.11. The Morgan fingerprint density at radius 1 is 1.56 bits per heavy atom. The van der Waals surface area contributed by atoms with Crippen LogP contribution in [-0.4, -0.2) is 35.4 Å². The molecule has 1 N–H and O–H groups in total. The quantitative estimate of drug-likeness (QED) is 0.824. The number of carbonyl (C=O) groups is 1. The van der Waals surface area contributed by atoms with Crippen molar-refractivity contribution >= 4 is 17.2 Å². The average Bonchev–Trinajstić information content (AvgIpc) is 2.81. The second-order valence-electron chi connectivity index (χ2n) is 3.58. The smallest absolute Gasteiger partial charge is 0.236 e. The third-order valence-electron chi connectivity index (χ3n) is 2.57. The molecule has 1 aromatic heterocycles. The van der Waals surface area contributed by atoms with Crippen LogP contribution in [0.3, 0.4) is 0 Å². The van der Waals surface area contributed by atoms with Gasteiger partial charge in [-0.1, -0.05) is 0 Å². The third-order valence-corrected chi connectivity index (χ3v) is 3.18. The van der Waals surface area contributed by atoms with Crippen molar-refractivity contribution in [2.45, 2.75) is 26.8 Å². The fraction of sp³-hybridized carbons (Fsp3) is 0.636. The van der Waals surface area contributed by atoms with Gasteiger partial charge in [0.05, 0.1) is 17.7 Å². The highest BCUT2D eigenvalue weighted by molar-refractivity contribution is 7.07. The molecule has 1 atom stereocenters. The molecule has 0 saturated heterocycles. The lowest BCUT2D eigenvalue weighted by atomic mass is 10.2. The predicted molar refractivity (Wildman–Crippen MR) is 66.5 cm³/mol. The highest BCUT2D eigenvalue weighted by Gasteiger charge is 2.12. The Kier molecular flexibility index (Phi) is 5.42. The van der Waals surface area contributed by atoms with Gasteiger partial charge < -0.3 is 10.2 Å². The van der Waals surface area contributed by atoms with E-state index >= 15 is 0 Å². The van der Waals surface area contributed by atoms with Gasteiger partial charge in [-0.3, -0.25) is 4.79 Å². The fourth-order valence-corrected chi connectivity index (χ4v) is 2.12. The lowest BCUT2D eigenvalue weighted by Gasteiger charge is -2.20. The van der Waals surface area contributed by atoms with Crippen LogP contribution in [0.2, 0.25) is 0 Å². The molecule has 0 aromatic carbocycles. The Morgan fingerprint density at radius 3 is 2.75 bits per heavy atom. The van der Waals surface area contributed by atoms with E-state index in [1.807, 2.05) is 31.1 Å². The van der Waals surface area contributed by atoms with Crippen LogP contribution in [0.4, 0.5) is 0 Å². The van der Waals surface area contributed by atoms with Gasteiger partial charge in [-0.25, -0.2) is 4.98 Å². The zero-order valence-corrected chi connectivity index (χ0v) is 10.9. The Hall–Kier alpha value is -0.940. The van der Waals surface area contributed by atoms with Gasteiger partial charge in [0, 0.05) is 24.5 Å². The van der Waals surface area contributed by atoms with E-state index in [1.54, 1.807) is 16.8 Å². The first-order valence-electron chi connectivity index (χ1n) is 5.58. The van der Waals surface area contributed by atoms with E-state index in [1.165, 1.54) is 0 Å². The van der Waals surface area contributed by atoms with Crippen LogP contribution >= 0.6 is 11.3 Å². The van der Waals surface area contributed by atoms with Gasteiger partial charge in [-0.15, -0.1) is 11.3 Å². The second kappa shape index (κ2) is 6.60. The molecule has 90 valence electrons. The van der Waals surface area contributed by atoms with Gasteiger partial charge in [0.25, 0.3) is 0 Å².